The van der Waals surface area contributed by atoms with Crippen LogP contribution in [0.2, 0.25) is 0 Å². The van der Waals surface area contributed by atoms with E-state index in [0.717, 1.165) is 36.7 Å². The average molecular weight is 542 g/mol. The average Bonchev–Trinajstić information content (AvgIpc) is 3.51. The second kappa shape index (κ2) is 11.0. The molecule has 206 valence electrons. The summed E-state index contributed by atoms with van der Waals surface area (Å²) < 4.78 is 48.3. The van der Waals surface area contributed by atoms with Gasteiger partial charge in [0.15, 0.2) is 5.69 Å². The molecule has 0 radical (unpaired) electrons. The zero-order valence-corrected chi connectivity index (χ0v) is 22.0. The van der Waals surface area contributed by atoms with Gasteiger partial charge in [-0.3, -0.25) is 4.68 Å². The van der Waals surface area contributed by atoms with Crippen LogP contribution in [0, 0.1) is 12.8 Å². The molecule has 1 aliphatic rings. The number of piperidine rings is 1. The van der Waals surface area contributed by atoms with Crippen LogP contribution in [0.5, 0.6) is 5.75 Å². The third-order valence-electron chi connectivity index (χ3n) is 6.58. The maximum Gasteiger partial charge on any atom is 0.573 e. The minimum Gasteiger partial charge on any atom is -0.406 e. The molecule has 1 saturated heterocycles. The highest BCUT2D eigenvalue weighted by atomic mass is 19.4. The van der Waals surface area contributed by atoms with Crippen LogP contribution >= 0.6 is 0 Å². The number of nitrogens with zero attached hydrogens (tertiary/aromatic N) is 7. The van der Waals surface area contributed by atoms with Gasteiger partial charge in [0.05, 0.1) is 6.54 Å². The first-order valence-electron chi connectivity index (χ1n) is 12.7. The summed E-state index contributed by atoms with van der Waals surface area (Å²) in [6, 6.07) is 11.3. The predicted molar refractivity (Wildman–Crippen MR) is 139 cm³/mol. The molecule has 5 rings (SSSR count). The minimum atomic E-state index is -4.75. The number of alkyl halides is 3. The summed E-state index contributed by atoms with van der Waals surface area (Å²) in [5, 5.41) is 8.57. The topological polar surface area (TPSA) is 85.3 Å². The van der Waals surface area contributed by atoms with Crippen molar-refractivity contribution in [2.45, 2.75) is 32.7 Å². The number of aromatic nitrogens is 5. The summed E-state index contributed by atoms with van der Waals surface area (Å²) in [5.74, 6) is 1.77. The van der Waals surface area contributed by atoms with E-state index in [0.29, 0.717) is 23.7 Å². The Balaban J connectivity index is 1.24. The maximum atomic E-state index is 12.4. The van der Waals surface area contributed by atoms with Crippen LogP contribution in [0.15, 0.2) is 53.2 Å². The van der Waals surface area contributed by atoms with Crippen molar-refractivity contribution in [3.8, 4) is 28.7 Å². The number of benzene rings is 1. The van der Waals surface area contributed by atoms with Gasteiger partial charge in [-0.2, -0.15) is 10.1 Å². The summed E-state index contributed by atoms with van der Waals surface area (Å²) in [6.45, 7) is 5.59. The lowest BCUT2D eigenvalue weighted by Gasteiger charge is -2.34. The van der Waals surface area contributed by atoms with E-state index in [1.54, 1.807) is 0 Å². The second-order valence-corrected chi connectivity index (χ2v) is 10.1. The Kier molecular flexibility index (Phi) is 7.56. The number of anilines is 1. The molecule has 1 aromatic carbocycles. The van der Waals surface area contributed by atoms with Crippen molar-refractivity contribution in [2.24, 2.45) is 5.92 Å². The predicted octanol–water partition coefficient (Wildman–Crippen LogP) is 5.03. The van der Waals surface area contributed by atoms with Crippen LogP contribution in [0.3, 0.4) is 0 Å². The number of hydrogen-bond acceptors (Lipinski definition) is 8. The number of ether oxygens (including phenoxy) is 1. The van der Waals surface area contributed by atoms with E-state index in [2.05, 4.69) is 56.0 Å². The Hall–Kier alpha value is -3.93. The molecule has 1 fully saturated rings. The molecule has 0 saturated carbocycles. The van der Waals surface area contributed by atoms with Gasteiger partial charge >= 0.3 is 6.36 Å². The molecule has 0 amide bonds. The van der Waals surface area contributed by atoms with Gasteiger partial charge in [0, 0.05) is 37.1 Å². The fourth-order valence-electron chi connectivity index (χ4n) is 4.83. The molecular weight excluding hydrogens is 511 g/mol. The van der Waals surface area contributed by atoms with E-state index < -0.39 is 6.36 Å². The molecule has 0 bridgehead atoms. The minimum absolute atomic E-state index is 0.216. The second-order valence-electron chi connectivity index (χ2n) is 10.1. The molecule has 12 heteroatoms. The molecule has 0 spiro atoms. The molecule has 4 aromatic rings. The first-order valence-corrected chi connectivity index (χ1v) is 12.7. The number of aryl methyl sites for hydroxylation is 1. The van der Waals surface area contributed by atoms with Crippen LogP contribution in [0.25, 0.3) is 23.0 Å². The van der Waals surface area contributed by atoms with Crippen LogP contribution < -0.4 is 9.64 Å². The van der Waals surface area contributed by atoms with E-state index in [4.69, 9.17) is 9.51 Å². The molecule has 1 aliphatic heterocycles. The van der Waals surface area contributed by atoms with Crippen LogP contribution in [-0.2, 0) is 6.54 Å². The van der Waals surface area contributed by atoms with E-state index in [-0.39, 0.29) is 17.5 Å². The third-order valence-corrected chi connectivity index (χ3v) is 6.58. The van der Waals surface area contributed by atoms with Crippen LogP contribution in [0.1, 0.15) is 24.1 Å². The monoisotopic (exact) mass is 541 g/mol. The van der Waals surface area contributed by atoms with Crippen molar-refractivity contribution in [2.75, 3.05) is 38.6 Å². The molecule has 0 aliphatic carbocycles. The Morgan fingerprint density at radius 3 is 2.62 bits per heavy atom. The largest absolute Gasteiger partial charge is 0.573 e. The van der Waals surface area contributed by atoms with Crippen molar-refractivity contribution < 1.29 is 22.4 Å². The summed E-state index contributed by atoms with van der Waals surface area (Å²) >= 11 is 0. The van der Waals surface area contributed by atoms with E-state index in [1.165, 1.54) is 37.1 Å². The van der Waals surface area contributed by atoms with Gasteiger partial charge < -0.3 is 19.1 Å². The number of hydrogen-bond donors (Lipinski definition) is 0. The molecule has 1 atom stereocenters. The van der Waals surface area contributed by atoms with Gasteiger partial charge in [0.2, 0.25) is 5.82 Å². The zero-order valence-electron chi connectivity index (χ0n) is 22.0. The Morgan fingerprint density at radius 1 is 1.13 bits per heavy atom. The lowest BCUT2D eigenvalue weighted by molar-refractivity contribution is -0.274. The van der Waals surface area contributed by atoms with E-state index in [1.807, 2.05) is 23.9 Å². The molecule has 0 N–H and O–H groups in total. The van der Waals surface area contributed by atoms with Gasteiger partial charge in [-0.25, -0.2) is 4.98 Å². The van der Waals surface area contributed by atoms with Crippen LogP contribution in [0.4, 0.5) is 19.0 Å². The van der Waals surface area contributed by atoms with E-state index >= 15 is 0 Å². The summed E-state index contributed by atoms with van der Waals surface area (Å²) in [5.41, 5.74) is 2.92. The molecule has 9 nitrogen and oxygen atoms in total. The maximum absolute atomic E-state index is 12.4. The lowest BCUT2D eigenvalue weighted by Crippen LogP contribution is -2.39. The molecule has 3 aromatic heterocycles. The fraction of sp³-hybridized carbons (Fsp3) is 0.407. The third kappa shape index (κ3) is 6.75. The highest BCUT2D eigenvalue weighted by Gasteiger charge is 2.31. The van der Waals surface area contributed by atoms with Crippen LogP contribution in [-0.4, -0.2) is 69.9 Å². The van der Waals surface area contributed by atoms with Gasteiger partial charge in [-0.1, -0.05) is 11.2 Å². The normalized spacial score (nSPS) is 16.2. The SMILES string of the molecule is Cc1cc(-c2nc(-c3ccc(OC(F)(F)F)cc3)no2)nn1Cc1ccc(N2CCCC(CN(C)C)C2)nc1. The quantitative estimate of drug-likeness (QED) is 0.307. The summed E-state index contributed by atoms with van der Waals surface area (Å²) in [4.78, 5) is 13.7. The van der Waals surface area contributed by atoms with Crippen molar-refractivity contribution in [1.29, 1.82) is 0 Å². The molecular formula is C27H30F3N7O2. The van der Waals surface area contributed by atoms with E-state index in [9.17, 15) is 13.2 Å². The smallest absolute Gasteiger partial charge is 0.406 e. The molecule has 39 heavy (non-hydrogen) atoms. The highest BCUT2D eigenvalue weighted by Crippen LogP contribution is 2.27. The fourth-order valence-corrected chi connectivity index (χ4v) is 4.83. The Morgan fingerprint density at radius 2 is 1.92 bits per heavy atom. The standard InChI is InChI=1S/C27H30F3N7O2/c1-18-13-23(26-32-25(34-39-26)21-7-9-22(10-8-21)38-27(28,29)30)33-37(18)17-19-6-11-24(31-14-19)36-12-4-5-20(16-36)15-35(2)3/h6-11,13-14,20H,4-5,12,15-17H2,1-3H3. The first kappa shape index (κ1) is 26.7. The van der Waals surface area contributed by atoms with Crippen molar-refractivity contribution in [3.63, 3.8) is 0 Å². The van der Waals surface area contributed by atoms with Gasteiger partial charge in [0.1, 0.15) is 11.6 Å². The molecule has 4 heterocycles. The van der Waals surface area contributed by atoms with Crippen molar-refractivity contribution in [3.05, 3.63) is 59.9 Å². The van der Waals surface area contributed by atoms with Gasteiger partial charge in [-0.05, 0) is 81.7 Å². The lowest BCUT2D eigenvalue weighted by atomic mass is 9.97. The summed E-state index contributed by atoms with van der Waals surface area (Å²) in [7, 11) is 4.23. The highest BCUT2D eigenvalue weighted by molar-refractivity contribution is 5.59. The summed E-state index contributed by atoms with van der Waals surface area (Å²) in [6.07, 6.45) is -0.439. The first-order chi connectivity index (χ1) is 18.6. The Bertz CT molecular complexity index is 1380. The zero-order chi connectivity index (χ0) is 27.6. The van der Waals surface area contributed by atoms with Gasteiger partial charge in [0.25, 0.3) is 5.89 Å². The van der Waals surface area contributed by atoms with Crippen molar-refractivity contribution >= 4 is 5.82 Å². The van der Waals surface area contributed by atoms with Gasteiger partial charge in [-0.15, -0.1) is 13.2 Å². The number of halogens is 3. The number of rotatable bonds is 8. The molecule has 1 unspecified atom stereocenters. The van der Waals surface area contributed by atoms with Crippen molar-refractivity contribution in [1.82, 2.24) is 29.8 Å². The Labute approximate surface area is 224 Å². The number of pyridine rings is 1.